The molecule has 4 nitrogen and oxygen atoms in total. The standard InChI is InChI=1S/C24H20F6N2O2/c25-23(26,27)15-3-1-13(2-4-15)14-9-17(10-14)34-16-5-6-19-18(11-16)20(12-31-19)32-21(33)22(7-8-22)24(28,29)30/h1-6,11-12,14,17,31H,7-10H2,(H,32,33)/t14-,17+. The maximum Gasteiger partial charge on any atom is 0.416 e. The number of halogens is 6. The Morgan fingerprint density at radius 3 is 2.26 bits per heavy atom. The molecule has 0 radical (unpaired) electrons. The van der Waals surface area contributed by atoms with Gasteiger partial charge in [0, 0.05) is 17.1 Å². The number of amides is 1. The molecule has 5 rings (SSSR count). The molecule has 1 aromatic heterocycles. The highest BCUT2D eigenvalue weighted by Gasteiger charge is 2.68. The van der Waals surface area contributed by atoms with Gasteiger partial charge in [0.2, 0.25) is 5.91 Å². The van der Waals surface area contributed by atoms with Gasteiger partial charge in [0.25, 0.3) is 0 Å². The van der Waals surface area contributed by atoms with Gasteiger partial charge in [0.05, 0.1) is 17.4 Å². The van der Waals surface area contributed by atoms with Crippen molar-refractivity contribution >= 4 is 22.5 Å². The molecule has 3 aromatic rings. The first-order valence-electron chi connectivity index (χ1n) is 10.8. The average molecular weight is 482 g/mol. The smallest absolute Gasteiger partial charge is 0.416 e. The molecule has 10 heteroatoms. The molecule has 34 heavy (non-hydrogen) atoms. The molecule has 0 aliphatic heterocycles. The third-order valence-corrected chi connectivity index (χ3v) is 6.74. The lowest BCUT2D eigenvalue weighted by molar-refractivity contribution is -0.189. The Hall–Kier alpha value is -3.17. The number of anilines is 1. The second-order valence-electron chi connectivity index (χ2n) is 8.97. The van der Waals surface area contributed by atoms with E-state index in [0.29, 0.717) is 29.5 Å². The first-order chi connectivity index (χ1) is 16.0. The van der Waals surface area contributed by atoms with Crippen molar-refractivity contribution in [2.45, 2.75) is 50.1 Å². The molecule has 0 bridgehead atoms. The molecule has 0 spiro atoms. The maximum absolute atomic E-state index is 13.2. The van der Waals surface area contributed by atoms with E-state index in [9.17, 15) is 31.1 Å². The van der Waals surface area contributed by atoms with Crippen molar-refractivity contribution < 1.29 is 35.9 Å². The van der Waals surface area contributed by atoms with Crippen LogP contribution >= 0.6 is 0 Å². The summed E-state index contributed by atoms with van der Waals surface area (Å²) in [7, 11) is 0. The van der Waals surface area contributed by atoms with Crippen molar-refractivity contribution in [3.05, 3.63) is 59.8 Å². The molecule has 2 aromatic carbocycles. The van der Waals surface area contributed by atoms with Crippen LogP contribution in [0, 0.1) is 5.41 Å². The fraction of sp³-hybridized carbons (Fsp3) is 0.375. The van der Waals surface area contributed by atoms with Crippen molar-refractivity contribution in [3.8, 4) is 5.75 Å². The Bertz CT molecular complexity index is 1220. The van der Waals surface area contributed by atoms with Gasteiger partial charge in [-0.3, -0.25) is 4.79 Å². The van der Waals surface area contributed by atoms with Gasteiger partial charge in [-0.25, -0.2) is 0 Å². The molecular formula is C24H20F6N2O2. The highest BCUT2D eigenvalue weighted by Crippen LogP contribution is 2.58. The van der Waals surface area contributed by atoms with E-state index in [1.54, 1.807) is 18.2 Å². The Kier molecular flexibility index (Phi) is 5.11. The summed E-state index contributed by atoms with van der Waals surface area (Å²) in [6.45, 7) is 0. The second kappa shape index (κ2) is 7.68. The molecule has 1 amide bonds. The SMILES string of the molecule is O=C(Nc1c[nH]c2ccc(O[C@H]3C[C@@H](c4ccc(C(F)(F)F)cc4)C3)cc12)C1(C(F)(F)F)CC1. The van der Waals surface area contributed by atoms with Crippen molar-refractivity contribution in [2.75, 3.05) is 5.32 Å². The van der Waals surface area contributed by atoms with E-state index in [0.717, 1.165) is 17.7 Å². The average Bonchev–Trinajstić information content (AvgIpc) is 3.48. The van der Waals surface area contributed by atoms with Crippen LogP contribution in [0.15, 0.2) is 48.7 Å². The molecule has 0 saturated heterocycles. The fourth-order valence-electron chi connectivity index (χ4n) is 4.35. The molecule has 2 aliphatic carbocycles. The maximum atomic E-state index is 13.2. The van der Waals surface area contributed by atoms with E-state index in [1.165, 1.54) is 18.3 Å². The highest BCUT2D eigenvalue weighted by molar-refractivity contribution is 6.05. The fourth-order valence-corrected chi connectivity index (χ4v) is 4.35. The number of benzene rings is 2. The summed E-state index contributed by atoms with van der Waals surface area (Å²) in [4.78, 5) is 15.2. The van der Waals surface area contributed by atoms with Crippen molar-refractivity contribution in [1.29, 1.82) is 0 Å². The molecule has 2 saturated carbocycles. The molecule has 0 atom stereocenters. The first-order valence-corrected chi connectivity index (χ1v) is 10.8. The second-order valence-corrected chi connectivity index (χ2v) is 8.97. The predicted octanol–water partition coefficient (Wildman–Crippen LogP) is 6.79. The minimum atomic E-state index is -4.59. The van der Waals surface area contributed by atoms with Gasteiger partial charge in [0.15, 0.2) is 0 Å². The van der Waals surface area contributed by atoms with Crippen molar-refractivity contribution in [1.82, 2.24) is 4.98 Å². The Balaban J connectivity index is 1.23. The molecule has 1 heterocycles. The van der Waals surface area contributed by atoms with E-state index >= 15 is 0 Å². The number of nitrogens with one attached hydrogen (secondary N) is 2. The number of H-pyrrole nitrogens is 1. The van der Waals surface area contributed by atoms with Gasteiger partial charge in [-0.2, -0.15) is 26.3 Å². The number of aromatic nitrogens is 1. The number of fused-ring (bicyclic) bond motifs is 1. The summed E-state index contributed by atoms with van der Waals surface area (Å²) in [5, 5.41) is 2.93. The zero-order chi connectivity index (χ0) is 24.3. The summed E-state index contributed by atoms with van der Waals surface area (Å²) in [5.74, 6) is -0.476. The van der Waals surface area contributed by atoms with Crippen LogP contribution in [0.2, 0.25) is 0 Å². The van der Waals surface area contributed by atoms with Crippen LogP contribution in [0.3, 0.4) is 0 Å². The van der Waals surface area contributed by atoms with Crippen molar-refractivity contribution in [3.63, 3.8) is 0 Å². The molecule has 2 N–H and O–H groups in total. The Labute approximate surface area is 190 Å². The van der Waals surface area contributed by atoms with E-state index in [2.05, 4.69) is 10.3 Å². The topological polar surface area (TPSA) is 54.1 Å². The lowest BCUT2D eigenvalue weighted by Crippen LogP contribution is -2.36. The molecule has 0 unspecified atom stereocenters. The van der Waals surface area contributed by atoms with E-state index in [1.807, 2.05) is 0 Å². The van der Waals surface area contributed by atoms with Gasteiger partial charge < -0.3 is 15.0 Å². The quantitative estimate of drug-likeness (QED) is 0.394. The molecule has 2 aliphatic rings. The lowest BCUT2D eigenvalue weighted by Gasteiger charge is -2.35. The summed E-state index contributed by atoms with van der Waals surface area (Å²) in [6, 6.07) is 10.2. The number of carbonyl (C=O) groups excluding carboxylic acids is 1. The van der Waals surface area contributed by atoms with E-state index in [4.69, 9.17) is 4.74 Å². The number of aromatic amines is 1. The van der Waals surface area contributed by atoms with E-state index in [-0.39, 0.29) is 30.6 Å². The summed E-state index contributed by atoms with van der Waals surface area (Å²) < 4.78 is 83.8. The first kappa shape index (κ1) is 22.6. The molecular weight excluding hydrogens is 462 g/mol. The number of hydrogen-bond acceptors (Lipinski definition) is 2. The number of carbonyl (C=O) groups is 1. The zero-order valence-electron chi connectivity index (χ0n) is 17.7. The van der Waals surface area contributed by atoms with Crippen LogP contribution in [0.25, 0.3) is 10.9 Å². The number of alkyl halides is 6. The van der Waals surface area contributed by atoms with Gasteiger partial charge >= 0.3 is 12.4 Å². The normalized spacial score (nSPS) is 21.7. The van der Waals surface area contributed by atoms with Gasteiger partial charge in [-0.1, -0.05) is 12.1 Å². The minimum absolute atomic E-state index is 0.0928. The van der Waals surface area contributed by atoms with Gasteiger partial charge in [-0.05, 0) is 67.5 Å². The molecule has 180 valence electrons. The predicted molar refractivity (Wildman–Crippen MR) is 112 cm³/mol. The lowest BCUT2D eigenvalue weighted by atomic mass is 9.77. The number of rotatable bonds is 5. The summed E-state index contributed by atoms with van der Waals surface area (Å²) in [5.41, 5.74) is -1.30. The number of ether oxygens (including phenoxy) is 1. The highest BCUT2D eigenvalue weighted by atomic mass is 19.4. The van der Waals surface area contributed by atoms with Gasteiger partial charge in [0.1, 0.15) is 11.2 Å². The summed E-state index contributed by atoms with van der Waals surface area (Å²) in [6.07, 6.45) is -6.83. The minimum Gasteiger partial charge on any atom is -0.490 e. The van der Waals surface area contributed by atoms with Crippen LogP contribution in [0.4, 0.5) is 32.0 Å². The van der Waals surface area contributed by atoms with Crippen LogP contribution in [-0.4, -0.2) is 23.2 Å². The third kappa shape index (κ3) is 3.99. The monoisotopic (exact) mass is 482 g/mol. The van der Waals surface area contributed by atoms with Crippen molar-refractivity contribution in [2.24, 2.45) is 5.41 Å². The third-order valence-electron chi connectivity index (χ3n) is 6.74. The van der Waals surface area contributed by atoms with Gasteiger partial charge in [-0.15, -0.1) is 0 Å². The Morgan fingerprint density at radius 2 is 1.68 bits per heavy atom. The van der Waals surface area contributed by atoms with Crippen LogP contribution in [0.1, 0.15) is 42.7 Å². The zero-order valence-corrected chi connectivity index (χ0v) is 17.7. The van der Waals surface area contributed by atoms with Crippen LogP contribution in [-0.2, 0) is 11.0 Å². The largest absolute Gasteiger partial charge is 0.490 e. The van der Waals surface area contributed by atoms with Crippen LogP contribution < -0.4 is 10.1 Å². The molecule has 2 fully saturated rings. The summed E-state index contributed by atoms with van der Waals surface area (Å²) >= 11 is 0. The van der Waals surface area contributed by atoms with E-state index < -0.39 is 29.2 Å². The Morgan fingerprint density at radius 1 is 1.00 bits per heavy atom. The number of hydrogen-bond donors (Lipinski definition) is 2. The van der Waals surface area contributed by atoms with Crippen LogP contribution in [0.5, 0.6) is 5.75 Å².